The summed E-state index contributed by atoms with van der Waals surface area (Å²) in [5.41, 5.74) is 5.34. The molecule has 1 rings (SSSR count). The Bertz CT molecular complexity index is 326. The largest absolute Gasteiger partial charge is 0.363 e. The molecule has 0 amide bonds. The highest BCUT2D eigenvalue weighted by Gasteiger charge is 2.16. The molecule has 0 aliphatic rings. The van der Waals surface area contributed by atoms with Crippen LogP contribution in [-0.2, 0) is 0 Å². The fourth-order valence-electron chi connectivity index (χ4n) is 0.878. The molecular weight excluding hydrogens is 221 g/mol. The minimum Gasteiger partial charge on any atom is -0.363 e. The molecule has 5 heteroatoms. The fraction of sp³-hybridized carbons (Fsp3) is 0.444. The number of hydrogen-bond acceptors (Lipinski definition) is 3. The summed E-state index contributed by atoms with van der Waals surface area (Å²) in [5.74, 6) is 0.603. The van der Waals surface area contributed by atoms with Gasteiger partial charge in [-0.25, -0.2) is 4.98 Å². The maximum atomic E-state index is 5.94. The third-order valence-corrected chi connectivity index (χ3v) is 2.27. The van der Waals surface area contributed by atoms with Crippen LogP contribution in [0.1, 0.15) is 13.8 Å². The van der Waals surface area contributed by atoms with Crippen molar-refractivity contribution in [3.8, 4) is 0 Å². The Hall–Kier alpha value is -0.510. The number of nitrogens with two attached hydrogens (primary N) is 1. The van der Waals surface area contributed by atoms with Crippen molar-refractivity contribution >= 4 is 29.0 Å². The average Bonchev–Trinajstić information content (AvgIpc) is 2.10. The van der Waals surface area contributed by atoms with Crippen LogP contribution in [0, 0.1) is 0 Å². The van der Waals surface area contributed by atoms with Gasteiger partial charge in [0, 0.05) is 18.3 Å². The summed E-state index contributed by atoms with van der Waals surface area (Å²) >= 11 is 11.7. The number of aromatic nitrogens is 1. The van der Waals surface area contributed by atoms with Crippen LogP contribution in [0.4, 0.5) is 5.82 Å². The molecule has 78 valence electrons. The monoisotopic (exact) mass is 233 g/mol. The van der Waals surface area contributed by atoms with E-state index in [-0.39, 0.29) is 5.54 Å². The highest BCUT2D eigenvalue weighted by atomic mass is 35.5. The van der Waals surface area contributed by atoms with E-state index in [1.807, 2.05) is 13.8 Å². The molecule has 0 aliphatic carbocycles. The molecule has 0 spiro atoms. The smallest absolute Gasteiger partial charge is 0.145 e. The molecule has 0 atom stereocenters. The lowest BCUT2D eigenvalue weighted by molar-refractivity contribution is 0.577. The summed E-state index contributed by atoms with van der Waals surface area (Å²) in [4.78, 5) is 4.08. The second-order valence-electron chi connectivity index (χ2n) is 3.70. The number of anilines is 1. The van der Waals surface area contributed by atoms with Gasteiger partial charge >= 0.3 is 0 Å². The Morgan fingerprint density at radius 2 is 2.14 bits per heavy atom. The van der Waals surface area contributed by atoms with Crippen LogP contribution in [0.5, 0.6) is 0 Å². The molecule has 0 aromatic carbocycles. The van der Waals surface area contributed by atoms with Crippen LogP contribution in [-0.4, -0.2) is 17.1 Å². The highest BCUT2D eigenvalue weighted by Crippen LogP contribution is 2.24. The maximum Gasteiger partial charge on any atom is 0.145 e. The molecule has 1 aromatic heterocycles. The first kappa shape index (κ1) is 11.6. The number of pyridine rings is 1. The van der Waals surface area contributed by atoms with Crippen LogP contribution >= 0.6 is 23.2 Å². The third kappa shape index (κ3) is 3.01. The van der Waals surface area contributed by atoms with E-state index in [0.717, 1.165) is 0 Å². The molecule has 0 saturated carbocycles. The van der Waals surface area contributed by atoms with Gasteiger partial charge in [-0.3, -0.25) is 0 Å². The van der Waals surface area contributed by atoms with Crippen molar-refractivity contribution < 1.29 is 0 Å². The predicted octanol–water partition coefficient (Wildman–Crippen LogP) is 2.54. The van der Waals surface area contributed by atoms with E-state index in [1.165, 1.54) is 0 Å². The lowest BCUT2D eigenvalue weighted by Crippen LogP contribution is -2.39. The van der Waals surface area contributed by atoms with E-state index >= 15 is 0 Å². The van der Waals surface area contributed by atoms with Gasteiger partial charge < -0.3 is 11.1 Å². The van der Waals surface area contributed by atoms with Crippen molar-refractivity contribution in [2.24, 2.45) is 5.73 Å². The molecule has 0 radical (unpaired) electrons. The average molecular weight is 234 g/mol. The molecule has 1 heterocycles. The summed E-state index contributed by atoms with van der Waals surface area (Å²) in [6.07, 6.45) is 1.54. The van der Waals surface area contributed by atoms with E-state index in [2.05, 4.69) is 10.3 Å². The minimum atomic E-state index is -0.232. The van der Waals surface area contributed by atoms with Gasteiger partial charge in [0.05, 0.1) is 10.0 Å². The minimum absolute atomic E-state index is 0.232. The van der Waals surface area contributed by atoms with Crippen molar-refractivity contribution in [1.82, 2.24) is 4.98 Å². The normalized spacial score (nSPS) is 11.5. The number of hydrogen-bond donors (Lipinski definition) is 2. The Morgan fingerprint density at radius 3 is 2.64 bits per heavy atom. The highest BCUT2D eigenvalue weighted by molar-refractivity contribution is 6.35. The zero-order valence-electron chi connectivity index (χ0n) is 8.14. The SMILES string of the molecule is CC(C)(CN)Nc1ncc(Cl)cc1Cl. The number of nitrogens with one attached hydrogen (secondary N) is 1. The van der Waals surface area contributed by atoms with Gasteiger partial charge in [0.1, 0.15) is 5.82 Å². The van der Waals surface area contributed by atoms with E-state index in [4.69, 9.17) is 28.9 Å². The first-order valence-corrected chi connectivity index (χ1v) is 4.99. The van der Waals surface area contributed by atoms with Crippen molar-refractivity contribution in [2.75, 3.05) is 11.9 Å². The maximum absolute atomic E-state index is 5.94. The van der Waals surface area contributed by atoms with Crippen LogP contribution < -0.4 is 11.1 Å². The summed E-state index contributed by atoms with van der Waals surface area (Å²) < 4.78 is 0. The standard InChI is InChI=1S/C9H13Cl2N3/c1-9(2,5-12)14-8-7(11)3-6(10)4-13-8/h3-4H,5,12H2,1-2H3,(H,13,14). The Kier molecular flexibility index (Phi) is 3.59. The summed E-state index contributed by atoms with van der Waals surface area (Å²) in [7, 11) is 0. The predicted molar refractivity (Wildman–Crippen MR) is 61.0 cm³/mol. The first-order chi connectivity index (χ1) is 6.44. The van der Waals surface area contributed by atoms with E-state index in [9.17, 15) is 0 Å². The molecule has 0 aliphatic heterocycles. The second kappa shape index (κ2) is 4.34. The number of rotatable bonds is 3. The zero-order valence-corrected chi connectivity index (χ0v) is 9.65. The van der Waals surface area contributed by atoms with Gasteiger partial charge in [-0.1, -0.05) is 23.2 Å². The fourth-order valence-corrected chi connectivity index (χ4v) is 1.31. The molecule has 0 fully saturated rings. The third-order valence-electron chi connectivity index (χ3n) is 1.77. The van der Waals surface area contributed by atoms with Gasteiger partial charge in [-0.05, 0) is 19.9 Å². The molecule has 3 N–H and O–H groups in total. The van der Waals surface area contributed by atoms with E-state index < -0.39 is 0 Å². The lowest BCUT2D eigenvalue weighted by Gasteiger charge is -2.25. The van der Waals surface area contributed by atoms with Crippen molar-refractivity contribution in [2.45, 2.75) is 19.4 Å². The molecule has 0 unspecified atom stereocenters. The topological polar surface area (TPSA) is 50.9 Å². The molecule has 0 bridgehead atoms. The number of nitrogens with zero attached hydrogens (tertiary/aromatic N) is 1. The van der Waals surface area contributed by atoms with Crippen LogP contribution in [0.25, 0.3) is 0 Å². The summed E-state index contributed by atoms with van der Waals surface area (Å²) in [6, 6.07) is 1.64. The van der Waals surface area contributed by atoms with Gasteiger partial charge in [0.15, 0.2) is 0 Å². The lowest BCUT2D eigenvalue weighted by atomic mass is 10.1. The number of halogens is 2. The molecule has 3 nitrogen and oxygen atoms in total. The van der Waals surface area contributed by atoms with Crippen molar-refractivity contribution in [3.63, 3.8) is 0 Å². The summed E-state index contributed by atoms with van der Waals surface area (Å²) in [6.45, 7) is 4.44. The zero-order chi connectivity index (χ0) is 10.8. The van der Waals surface area contributed by atoms with Crippen LogP contribution in [0.2, 0.25) is 10.0 Å². The first-order valence-electron chi connectivity index (χ1n) is 4.24. The Balaban J connectivity index is 2.87. The molecule has 1 aromatic rings. The van der Waals surface area contributed by atoms with E-state index in [1.54, 1.807) is 12.3 Å². The van der Waals surface area contributed by atoms with Gasteiger partial charge in [-0.2, -0.15) is 0 Å². The second-order valence-corrected chi connectivity index (χ2v) is 4.54. The van der Waals surface area contributed by atoms with Crippen LogP contribution in [0.3, 0.4) is 0 Å². The van der Waals surface area contributed by atoms with Gasteiger partial charge in [0.2, 0.25) is 0 Å². The van der Waals surface area contributed by atoms with Crippen molar-refractivity contribution in [3.05, 3.63) is 22.3 Å². The van der Waals surface area contributed by atoms with Gasteiger partial charge in [0.25, 0.3) is 0 Å². The van der Waals surface area contributed by atoms with Crippen molar-refractivity contribution in [1.29, 1.82) is 0 Å². The summed E-state index contributed by atoms with van der Waals surface area (Å²) in [5, 5.41) is 4.16. The molecule has 0 saturated heterocycles. The Labute approximate surface area is 93.6 Å². The Morgan fingerprint density at radius 1 is 1.50 bits per heavy atom. The van der Waals surface area contributed by atoms with Gasteiger partial charge in [-0.15, -0.1) is 0 Å². The van der Waals surface area contributed by atoms with Crippen LogP contribution in [0.15, 0.2) is 12.3 Å². The van der Waals surface area contributed by atoms with E-state index in [0.29, 0.717) is 22.4 Å². The quantitative estimate of drug-likeness (QED) is 0.844. The molecular formula is C9H13Cl2N3. The molecule has 14 heavy (non-hydrogen) atoms.